The van der Waals surface area contributed by atoms with Crippen LogP contribution < -0.4 is 10.6 Å². The molecule has 1 aromatic rings. The molecule has 0 radical (unpaired) electrons. The zero-order valence-electron chi connectivity index (χ0n) is 10.8. The minimum atomic E-state index is -1.10. The van der Waals surface area contributed by atoms with Gasteiger partial charge in [-0.05, 0) is 12.1 Å². The van der Waals surface area contributed by atoms with Crippen molar-refractivity contribution in [2.75, 3.05) is 13.7 Å². The lowest BCUT2D eigenvalue weighted by Gasteiger charge is -2.08. The number of ether oxygens (including phenoxy) is 1. The first-order valence-electron chi connectivity index (χ1n) is 5.64. The van der Waals surface area contributed by atoms with Crippen LogP contribution in [0.4, 0.5) is 0 Å². The predicted octanol–water partition coefficient (Wildman–Crippen LogP) is 0.105. The highest BCUT2D eigenvalue weighted by atomic mass is 16.5. The van der Waals surface area contributed by atoms with Crippen molar-refractivity contribution in [2.45, 2.75) is 0 Å². The van der Waals surface area contributed by atoms with Crippen LogP contribution in [0.3, 0.4) is 0 Å². The molecule has 0 aliphatic carbocycles. The Bertz CT molecular complexity index is 525. The average molecular weight is 278 g/mol. The highest BCUT2D eigenvalue weighted by molar-refractivity contribution is 6.00. The molecule has 0 saturated carbocycles. The Morgan fingerprint density at radius 3 is 2.45 bits per heavy atom. The Morgan fingerprint density at radius 2 is 1.90 bits per heavy atom. The van der Waals surface area contributed by atoms with Crippen molar-refractivity contribution < 1.29 is 24.2 Å². The van der Waals surface area contributed by atoms with Crippen molar-refractivity contribution in [3.05, 3.63) is 47.8 Å². The first-order valence-corrected chi connectivity index (χ1v) is 5.64. The highest BCUT2D eigenvalue weighted by Crippen LogP contribution is 2.00. The molecule has 7 nitrogen and oxygen atoms in total. The van der Waals surface area contributed by atoms with Gasteiger partial charge in [-0.1, -0.05) is 18.2 Å². The number of hydrogen-bond donors (Lipinski definition) is 3. The van der Waals surface area contributed by atoms with Gasteiger partial charge in [0, 0.05) is 11.8 Å². The molecule has 1 amide bonds. The smallest absolute Gasteiger partial charge is 0.356 e. The molecule has 0 atom stereocenters. The van der Waals surface area contributed by atoms with Gasteiger partial charge in [0.25, 0.3) is 5.91 Å². The molecular formula is C13H14N2O5. The minimum absolute atomic E-state index is 0.178. The molecule has 1 rings (SSSR count). The van der Waals surface area contributed by atoms with Crippen molar-refractivity contribution in [3.63, 3.8) is 0 Å². The summed E-state index contributed by atoms with van der Waals surface area (Å²) in [7, 11) is 1.15. The third-order valence-electron chi connectivity index (χ3n) is 2.19. The number of carbonyl (C=O) groups is 3. The largest absolute Gasteiger partial charge is 0.480 e. The number of rotatable bonds is 6. The van der Waals surface area contributed by atoms with Crippen LogP contribution in [0.2, 0.25) is 0 Å². The summed E-state index contributed by atoms with van der Waals surface area (Å²) in [5.74, 6) is -2.38. The number of carbonyl (C=O) groups excluding carboxylic acids is 2. The molecule has 0 aromatic heterocycles. The summed E-state index contributed by atoms with van der Waals surface area (Å²) >= 11 is 0. The molecule has 0 aliphatic rings. The predicted molar refractivity (Wildman–Crippen MR) is 69.6 cm³/mol. The van der Waals surface area contributed by atoms with Crippen LogP contribution in [0.15, 0.2) is 42.2 Å². The summed E-state index contributed by atoms with van der Waals surface area (Å²) in [4.78, 5) is 33.7. The van der Waals surface area contributed by atoms with E-state index >= 15 is 0 Å². The number of nitrogens with one attached hydrogen (secondary N) is 2. The third kappa shape index (κ3) is 4.81. The van der Waals surface area contributed by atoms with Gasteiger partial charge in [0.1, 0.15) is 12.2 Å². The van der Waals surface area contributed by atoms with Crippen LogP contribution >= 0.6 is 0 Å². The minimum Gasteiger partial charge on any atom is -0.480 e. The summed E-state index contributed by atoms with van der Waals surface area (Å²) < 4.78 is 4.50. The van der Waals surface area contributed by atoms with E-state index in [0.717, 1.165) is 13.3 Å². The second-order valence-corrected chi connectivity index (χ2v) is 3.64. The number of aliphatic carboxylic acids is 1. The molecule has 0 aliphatic heterocycles. The number of methoxy groups -OCH3 is 1. The second kappa shape index (κ2) is 7.57. The molecule has 20 heavy (non-hydrogen) atoms. The van der Waals surface area contributed by atoms with Gasteiger partial charge in [-0.25, -0.2) is 4.79 Å². The lowest BCUT2D eigenvalue weighted by Crippen LogP contribution is -2.30. The van der Waals surface area contributed by atoms with Gasteiger partial charge >= 0.3 is 11.9 Å². The lowest BCUT2D eigenvalue weighted by molar-refractivity contribution is -0.137. The molecule has 0 saturated heterocycles. The third-order valence-corrected chi connectivity index (χ3v) is 2.19. The maximum atomic E-state index is 11.9. The first-order chi connectivity index (χ1) is 9.54. The highest BCUT2D eigenvalue weighted by Gasteiger charge is 2.14. The quantitative estimate of drug-likeness (QED) is 0.504. The SMILES string of the molecule is COC(=O)/C(=C\NCC(=O)O)NC(=O)c1ccccc1. The Kier molecular flexibility index (Phi) is 5.76. The van der Waals surface area contributed by atoms with Crippen molar-refractivity contribution in [3.8, 4) is 0 Å². The van der Waals surface area contributed by atoms with Gasteiger partial charge in [-0.2, -0.15) is 0 Å². The molecular weight excluding hydrogens is 264 g/mol. The van der Waals surface area contributed by atoms with Gasteiger partial charge in [0.05, 0.1) is 7.11 Å². The van der Waals surface area contributed by atoms with E-state index in [1.807, 2.05) is 0 Å². The molecule has 0 unspecified atom stereocenters. The summed E-state index contributed by atoms with van der Waals surface area (Å²) in [6.07, 6.45) is 1.08. The zero-order valence-corrected chi connectivity index (χ0v) is 10.8. The van der Waals surface area contributed by atoms with E-state index in [1.165, 1.54) is 0 Å². The van der Waals surface area contributed by atoms with Gasteiger partial charge in [0.15, 0.2) is 0 Å². The van der Waals surface area contributed by atoms with Crippen LogP contribution in [-0.4, -0.2) is 36.6 Å². The first kappa shape index (κ1) is 15.2. The van der Waals surface area contributed by atoms with Gasteiger partial charge in [-0.3, -0.25) is 9.59 Å². The normalized spacial score (nSPS) is 10.6. The molecule has 3 N–H and O–H groups in total. The average Bonchev–Trinajstić information content (AvgIpc) is 2.45. The van der Waals surface area contributed by atoms with Gasteiger partial charge in [0.2, 0.25) is 0 Å². The summed E-state index contributed by atoms with van der Waals surface area (Å²) in [5.41, 5.74) is 0.183. The van der Waals surface area contributed by atoms with E-state index < -0.39 is 17.8 Å². The van der Waals surface area contributed by atoms with Crippen LogP contribution in [0, 0.1) is 0 Å². The number of carboxylic acid groups (broad SMARTS) is 1. The molecule has 0 spiro atoms. The Balaban J connectivity index is 2.77. The van der Waals surface area contributed by atoms with E-state index in [9.17, 15) is 14.4 Å². The molecule has 0 heterocycles. The molecule has 7 heteroatoms. The summed E-state index contributed by atoms with van der Waals surface area (Å²) in [6.45, 7) is -0.387. The summed E-state index contributed by atoms with van der Waals surface area (Å²) in [6, 6.07) is 8.27. The number of carboxylic acids is 1. The Morgan fingerprint density at radius 1 is 1.25 bits per heavy atom. The molecule has 0 bridgehead atoms. The van der Waals surface area contributed by atoms with E-state index in [2.05, 4.69) is 15.4 Å². The van der Waals surface area contributed by atoms with Crippen molar-refractivity contribution in [1.29, 1.82) is 0 Å². The van der Waals surface area contributed by atoms with Crippen LogP contribution in [0.1, 0.15) is 10.4 Å². The standard InChI is InChI=1S/C13H14N2O5/c1-20-13(19)10(7-14-8-11(16)17)15-12(18)9-5-3-2-4-6-9/h2-7,14H,8H2,1H3,(H,15,18)(H,16,17)/b10-7+. The fourth-order valence-electron chi connectivity index (χ4n) is 1.28. The fourth-order valence-corrected chi connectivity index (χ4v) is 1.28. The number of esters is 1. The maximum absolute atomic E-state index is 11.9. The fraction of sp³-hybridized carbons (Fsp3) is 0.154. The van der Waals surface area contributed by atoms with Crippen LogP contribution in [0.25, 0.3) is 0 Å². The van der Waals surface area contributed by atoms with E-state index in [1.54, 1.807) is 30.3 Å². The van der Waals surface area contributed by atoms with Crippen molar-refractivity contribution >= 4 is 17.8 Å². The van der Waals surface area contributed by atoms with E-state index in [0.29, 0.717) is 5.56 Å². The summed E-state index contributed by atoms with van der Waals surface area (Å²) in [5, 5.41) is 13.2. The van der Waals surface area contributed by atoms with Crippen molar-refractivity contribution in [1.82, 2.24) is 10.6 Å². The van der Waals surface area contributed by atoms with Gasteiger partial charge < -0.3 is 20.5 Å². The Hall–Kier alpha value is -2.83. The molecule has 0 fully saturated rings. The topological polar surface area (TPSA) is 105 Å². The maximum Gasteiger partial charge on any atom is 0.356 e. The lowest BCUT2D eigenvalue weighted by atomic mass is 10.2. The second-order valence-electron chi connectivity index (χ2n) is 3.64. The monoisotopic (exact) mass is 278 g/mol. The molecule has 1 aromatic carbocycles. The number of hydrogen-bond acceptors (Lipinski definition) is 5. The molecule has 106 valence electrons. The van der Waals surface area contributed by atoms with Crippen LogP contribution in [0.5, 0.6) is 0 Å². The number of amides is 1. The number of benzene rings is 1. The van der Waals surface area contributed by atoms with E-state index in [-0.39, 0.29) is 12.2 Å². The van der Waals surface area contributed by atoms with Crippen molar-refractivity contribution in [2.24, 2.45) is 0 Å². The zero-order chi connectivity index (χ0) is 15.0. The Labute approximate surface area is 115 Å². The van der Waals surface area contributed by atoms with Gasteiger partial charge in [-0.15, -0.1) is 0 Å². The van der Waals surface area contributed by atoms with Crippen LogP contribution in [-0.2, 0) is 14.3 Å². The van der Waals surface area contributed by atoms with E-state index in [4.69, 9.17) is 5.11 Å².